The number of hydrogen-bond acceptors (Lipinski definition) is 7. The highest BCUT2D eigenvalue weighted by Gasteiger charge is 2.22. The first-order chi connectivity index (χ1) is 14.6. The molecule has 0 saturated heterocycles. The van der Waals surface area contributed by atoms with E-state index in [4.69, 9.17) is 14.2 Å². The van der Waals surface area contributed by atoms with E-state index in [9.17, 15) is 9.59 Å². The number of benzene rings is 2. The van der Waals surface area contributed by atoms with Gasteiger partial charge in [-0.1, -0.05) is 30.3 Å². The summed E-state index contributed by atoms with van der Waals surface area (Å²) in [7, 11) is 0. The highest BCUT2D eigenvalue weighted by molar-refractivity contribution is 5.97. The van der Waals surface area contributed by atoms with Crippen molar-refractivity contribution in [1.82, 2.24) is 9.97 Å². The van der Waals surface area contributed by atoms with Crippen LogP contribution in [0.5, 0.6) is 11.5 Å². The molecule has 1 amide bonds. The maximum absolute atomic E-state index is 12.5. The van der Waals surface area contributed by atoms with Crippen molar-refractivity contribution in [2.45, 2.75) is 13.0 Å². The lowest BCUT2D eigenvalue weighted by molar-refractivity contribution is -0.123. The number of anilines is 1. The van der Waals surface area contributed by atoms with Crippen LogP contribution in [0.2, 0.25) is 0 Å². The average Bonchev–Trinajstić information content (AvgIpc) is 2.78. The molecule has 3 aromatic rings. The van der Waals surface area contributed by atoms with E-state index in [2.05, 4.69) is 15.3 Å². The van der Waals surface area contributed by atoms with Crippen LogP contribution in [0.1, 0.15) is 17.3 Å². The van der Waals surface area contributed by atoms with Crippen LogP contribution in [0.3, 0.4) is 0 Å². The summed E-state index contributed by atoms with van der Waals surface area (Å²) in [6, 6.07) is 17.6. The molecule has 1 heterocycles. The van der Waals surface area contributed by atoms with Crippen LogP contribution in [-0.4, -0.2) is 41.2 Å². The summed E-state index contributed by atoms with van der Waals surface area (Å²) in [5, 5.41) is 2.48. The van der Waals surface area contributed by atoms with Crippen molar-refractivity contribution in [3.8, 4) is 11.5 Å². The van der Waals surface area contributed by atoms with Crippen LogP contribution in [0.4, 0.5) is 5.95 Å². The minimum atomic E-state index is -1.05. The smallest absolute Gasteiger partial charge is 0.342 e. The Kier molecular flexibility index (Phi) is 7.32. The van der Waals surface area contributed by atoms with Gasteiger partial charge in [-0.2, -0.15) is 0 Å². The fraction of sp³-hybridized carbons (Fsp3) is 0.182. The van der Waals surface area contributed by atoms with E-state index in [0.29, 0.717) is 12.4 Å². The Balaban J connectivity index is 1.53. The van der Waals surface area contributed by atoms with Gasteiger partial charge >= 0.3 is 5.97 Å². The molecule has 0 fully saturated rings. The molecule has 8 heteroatoms. The molecule has 0 bridgehead atoms. The summed E-state index contributed by atoms with van der Waals surface area (Å²) in [6.07, 6.45) is 1.94. The summed E-state index contributed by atoms with van der Waals surface area (Å²) < 4.78 is 16.5. The van der Waals surface area contributed by atoms with E-state index >= 15 is 0 Å². The fourth-order valence-electron chi connectivity index (χ4n) is 2.44. The van der Waals surface area contributed by atoms with Crippen LogP contribution in [0.15, 0.2) is 73.1 Å². The van der Waals surface area contributed by atoms with Gasteiger partial charge in [-0.05, 0) is 37.3 Å². The quantitative estimate of drug-likeness (QED) is 0.430. The van der Waals surface area contributed by atoms with Crippen LogP contribution >= 0.6 is 0 Å². The number of carbonyl (C=O) groups is 2. The maximum atomic E-state index is 12.5. The zero-order valence-corrected chi connectivity index (χ0v) is 16.4. The number of amides is 1. The molecular weight excluding hydrogens is 386 g/mol. The number of esters is 1. The van der Waals surface area contributed by atoms with E-state index in [1.54, 1.807) is 30.3 Å². The first kappa shape index (κ1) is 20.8. The van der Waals surface area contributed by atoms with Crippen LogP contribution in [0, 0.1) is 0 Å². The summed E-state index contributed by atoms with van der Waals surface area (Å²) >= 11 is 0. The van der Waals surface area contributed by atoms with Crippen LogP contribution < -0.4 is 14.8 Å². The Labute approximate surface area is 173 Å². The van der Waals surface area contributed by atoms with Crippen molar-refractivity contribution >= 4 is 17.8 Å². The van der Waals surface area contributed by atoms with E-state index < -0.39 is 18.0 Å². The van der Waals surface area contributed by atoms with Crippen molar-refractivity contribution in [2.24, 2.45) is 0 Å². The molecule has 2 aromatic carbocycles. The molecule has 0 radical (unpaired) electrons. The Morgan fingerprint density at radius 2 is 1.57 bits per heavy atom. The normalized spacial score (nSPS) is 11.2. The predicted octanol–water partition coefficient (Wildman–Crippen LogP) is 3.12. The van der Waals surface area contributed by atoms with Crippen LogP contribution in [-0.2, 0) is 9.53 Å². The Bertz CT molecular complexity index is 967. The molecule has 0 aliphatic carbocycles. The SMILES string of the molecule is CC(OC(=O)c1ccccc1OCCOc1ccccc1)C(=O)Nc1ncccn1. The maximum Gasteiger partial charge on any atom is 0.342 e. The number of para-hydroxylation sites is 2. The molecule has 154 valence electrons. The fourth-order valence-corrected chi connectivity index (χ4v) is 2.44. The third kappa shape index (κ3) is 6.03. The molecular formula is C22H21N3O5. The van der Waals surface area contributed by atoms with Gasteiger partial charge in [0.25, 0.3) is 5.91 Å². The van der Waals surface area contributed by atoms with Crippen molar-refractivity contribution in [3.05, 3.63) is 78.6 Å². The standard InChI is InChI=1S/C22H21N3O5/c1-16(20(26)25-22-23-12-7-13-24-22)30-21(27)18-10-5-6-11-19(18)29-15-14-28-17-8-3-2-4-9-17/h2-13,16H,14-15H2,1H3,(H,23,24,25,26). The Morgan fingerprint density at radius 1 is 0.900 bits per heavy atom. The topological polar surface area (TPSA) is 99.6 Å². The van der Waals surface area contributed by atoms with Gasteiger partial charge in [-0.25, -0.2) is 14.8 Å². The van der Waals surface area contributed by atoms with E-state index in [0.717, 1.165) is 5.75 Å². The lowest BCUT2D eigenvalue weighted by atomic mass is 10.2. The van der Waals surface area contributed by atoms with Crippen molar-refractivity contribution in [1.29, 1.82) is 0 Å². The first-order valence-electron chi connectivity index (χ1n) is 9.32. The summed E-state index contributed by atoms with van der Waals surface area (Å²) in [4.78, 5) is 32.5. The number of hydrogen-bond donors (Lipinski definition) is 1. The van der Waals surface area contributed by atoms with Gasteiger partial charge in [0.05, 0.1) is 0 Å². The Morgan fingerprint density at radius 3 is 2.33 bits per heavy atom. The van der Waals surface area contributed by atoms with Gasteiger partial charge in [0, 0.05) is 12.4 Å². The molecule has 8 nitrogen and oxygen atoms in total. The monoisotopic (exact) mass is 407 g/mol. The number of aromatic nitrogens is 2. The number of rotatable bonds is 9. The van der Waals surface area contributed by atoms with Crippen molar-refractivity contribution in [3.63, 3.8) is 0 Å². The highest BCUT2D eigenvalue weighted by Crippen LogP contribution is 2.20. The third-order valence-corrected chi connectivity index (χ3v) is 3.91. The second-order valence-electron chi connectivity index (χ2n) is 6.12. The number of ether oxygens (including phenoxy) is 3. The summed E-state index contributed by atoms with van der Waals surface area (Å²) in [5.41, 5.74) is 0.216. The van der Waals surface area contributed by atoms with Crippen LogP contribution in [0.25, 0.3) is 0 Å². The van der Waals surface area contributed by atoms with Gasteiger partial charge in [0.15, 0.2) is 6.10 Å². The second kappa shape index (κ2) is 10.6. The van der Waals surface area contributed by atoms with E-state index in [1.165, 1.54) is 19.3 Å². The van der Waals surface area contributed by atoms with Gasteiger partial charge in [-0.15, -0.1) is 0 Å². The molecule has 1 N–H and O–H groups in total. The Hall–Kier alpha value is -3.94. The molecule has 0 saturated carbocycles. The number of carbonyl (C=O) groups excluding carboxylic acids is 2. The summed E-state index contributed by atoms with van der Waals surface area (Å²) in [5.74, 6) is -0.00263. The zero-order valence-electron chi connectivity index (χ0n) is 16.4. The number of nitrogens with one attached hydrogen (secondary N) is 1. The minimum Gasteiger partial charge on any atom is -0.490 e. The molecule has 0 spiro atoms. The van der Waals surface area contributed by atoms with Crippen molar-refractivity contribution < 1.29 is 23.8 Å². The zero-order chi connectivity index (χ0) is 21.2. The molecule has 0 aliphatic heterocycles. The molecule has 1 unspecified atom stereocenters. The molecule has 0 aliphatic rings. The molecule has 1 aromatic heterocycles. The highest BCUT2D eigenvalue weighted by atomic mass is 16.6. The second-order valence-corrected chi connectivity index (χ2v) is 6.12. The third-order valence-electron chi connectivity index (χ3n) is 3.91. The number of nitrogens with zero attached hydrogens (tertiary/aromatic N) is 2. The first-order valence-corrected chi connectivity index (χ1v) is 9.32. The average molecular weight is 407 g/mol. The molecule has 1 atom stereocenters. The van der Waals surface area contributed by atoms with Gasteiger partial charge in [0.1, 0.15) is 30.3 Å². The summed E-state index contributed by atoms with van der Waals surface area (Å²) in [6.45, 7) is 2.01. The van der Waals surface area contributed by atoms with Crippen molar-refractivity contribution in [2.75, 3.05) is 18.5 Å². The largest absolute Gasteiger partial charge is 0.490 e. The van der Waals surface area contributed by atoms with Gasteiger partial charge in [0.2, 0.25) is 5.95 Å². The molecule has 30 heavy (non-hydrogen) atoms. The minimum absolute atomic E-state index is 0.132. The van der Waals surface area contributed by atoms with Gasteiger partial charge in [-0.3, -0.25) is 10.1 Å². The predicted molar refractivity (Wildman–Crippen MR) is 109 cm³/mol. The lowest BCUT2D eigenvalue weighted by Gasteiger charge is -2.15. The van der Waals surface area contributed by atoms with E-state index in [-0.39, 0.29) is 18.1 Å². The van der Waals surface area contributed by atoms with E-state index in [1.807, 2.05) is 30.3 Å². The lowest BCUT2D eigenvalue weighted by Crippen LogP contribution is -2.30. The van der Waals surface area contributed by atoms with Gasteiger partial charge < -0.3 is 14.2 Å². The molecule has 3 rings (SSSR count).